The summed E-state index contributed by atoms with van der Waals surface area (Å²) in [5, 5.41) is 22.7. The first-order chi connectivity index (χ1) is 10.1. The predicted molar refractivity (Wildman–Crippen MR) is 74.8 cm³/mol. The number of para-hydroxylation sites is 1. The quantitative estimate of drug-likeness (QED) is 0.676. The lowest BCUT2D eigenvalue weighted by Crippen LogP contribution is -2.14. The Morgan fingerprint density at radius 1 is 1.24 bits per heavy atom. The van der Waals surface area contributed by atoms with Crippen molar-refractivity contribution in [1.82, 2.24) is 5.32 Å². The van der Waals surface area contributed by atoms with E-state index in [2.05, 4.69) is 5.32 Å². The van der Waals surface area contributed by atoms with Crippen LogP contribution in [0.15, 0.2) is 42.5 Å². The van der Waals surface area contributed by atoms with E-state index in [4.69, 9.17) is 5.26 Å². The summed E-state index contributed by atoms with van der Waals surface area (Å²) >= 11 is 0. The summed E-state index contributed by atoms with van der Waals surface area (Å²) in [6.07, 6.45) is 0. The van der Waals surface area contributed by atoms with Crippen molar-refractivity contribution in [3.63, 3.8) is 0 Å². The Morgan fingerprint density at radius 2 is 2.00 bits per heavy atom. The first kappa shape index (κ1) is 14.6. The van der Waals surface area contributed by atoms with Crippen LogP contribution >= 0.6 is 0 Å². The molecule has 0 saturated heterocycles. The molecule has 0 aliphatic heterocycles. The maximum Gasteiger partial charge on any atom is 0.273 e. The zero-order valence-corrected chi connectivity index (χ0v) is 11.0. The minimum Gasteiger partial charge on any atom is -0.308 e. The normalized spacial score (nSPS) is 10.1. The number of rotatable bonds is 5. The van der Waals surface area contributed by atoms with E-state index in [0.29, 0.717) is 17.7 Å². The average molecular weight is 285 g/mol. The van der Waals surface area contributed by atoms with Crippen molar-refractivity contribution >= 4 is 5.69 Å². The van der Waals surface area contributed by atoms with Crippen LogP contribution in [0.4, 0.5) is 10.1 Å². The van der Waals surface area contributed by atoms with Crippen LogP contribution in [0, 0.1) is 27.3 Å². The molecule has 0 amide bonds. The van der Waals surface area contributed by atoms with E-state index in [1.807, 2.05) is 6.07 Å². The van der Waals surface area contributed by atoms with Gasteiger partial charge in [0.1, 0.15) is 5.82 Å². The molecule has 0 aliphatic carbocycles. The fraction of sp³-hybridized carbons (Fsp3) is 0.133. The van der Waals surface area contributed by atoms with Crippen molar-refractivity contribution in [1.29, 1.82) is 5.26 Å². The van der Waals surface area contributed by atoms with E-state index in [9.17, 15) is 14.5 Å². The minimum absolute atomic E-state index is 0.0435. The smallest absolute Gasteiger partial charge is 0.273 e. The van der Waals surface area contributed by atoms with Crippen LogP contribution in [0.5, 0.6) is 0 Å². The molecule has 0 bridgehead atoms. The van der Waals surface area contributed by atoms with Gasteiger partial charge in [0.25, 0.3) is 5.69 Å². The van der Waals surface area contributed by atoms with E-state index in [1.165, 1.54) is 12.1 Å². The summed E-state index contributed by atoms with van der Waals surface area (Å²) in [5.74, 6) is -0.475. The largest absolute Gasteiger partial charge is 0.308 e. The molecule has 6 heteroatoms. The number of hydrogen-bond acceptors (Lipinski definition) is 4. The van der Waals surface area contributed by atoms with Gasteiger partial charge in [-0.2, -0.15) is 5.26 Å². The molecule has 2 aromatic rings. The highest BCUT2D eigenvalue weighted by molar-refractivity contribution is 5.39. The Labute approximate surface area is 120 Å². The summed E-state index contributed by atoms with van der Waals surface area (Å²) in [5.41, 5.74) is 1.46. The van der Waals surface area contributed by atoms with Crippen molar-refractivity contribution in [3.8, 4) is 6.07 Å². The second kappa shape index (κ2) is 6.59. The molecule has 0 atom stereocenters. The lowest BCUT2D eigenvalue weighted by atomic mass is 10.1. The Kier molecular flexibility index (Phi) is 4.59. The first-order valence-corrected chi connectivity index (χ1v) is 6.22. The molecule has 5 nitrogen and oxygen atoms in total. The molecule has 0 aliphatic rings. The van der Waals surface area contributed by atoms with Crippen LogP contribution in [-0.4, -0.2) is 4.92 Å². The molecular formula is C15H12FN3O2. The minimum atomic E-state index is -0.475. The molecule has 0 heterocycles. The highest BCUT2D eigenvalue weighted by Crippen LogP contribution is 2.17. The van der Waals surface area contributed by atoms with E-state index in [-0.39, 0.29) is 17.8 Å². The lowest BCUT2D eigenvalue weighted by molar-refractivity contribution is -0.385. The van der Waals surface area contributed by atoms with Gasteiger partial charge in [-0.15, -0.1) is 0 Å². The maximum absolute atomic E-state index is 13.3. The third-order valence-corrected chi connectivity index (χ3v) is 2.92. The number of nitro benzene ring substituents is 1. The zero-order valence-electron chi connectivity index (χ0n) is 11.0. The molecule has 1 N–H and O–H groups in total. The highest BCUT2D eigenvalue weighted by Gasteiger charge is 2.11. The average Bonchev–Trinajstić information content (AvgIpc) is 2.47. The Balaban J connectivity index is 2.04. The second-order valence-electron chi connectivity index (χ2n) is 4.45. The number of nitro groups is 1. The molecule has 0 unspecified atom stereocenters. The summed E-state index contributed by atoms with van der Waals surface area (Å²) < 4.78 is 13.3. The SMILES string of the molecule is N#Cc1cc(F)cc(CNCc2ccccc2[N+](=O)[O-])c1. The molecule has 2 aromatic carbocycles. The van der Waals surface area contributed by atoms with Crippen molar-refractivity contribution in [2.24, 2.45) is 0 Å². The van der Waals surface area contributed by atoms with E-state index >= 15 is 0 Å². The maximum atomic E-state index is 13.3. The molecule has 0 aromatic heterocycles. The molecule has 2 rings (SSSR count). The van der Waals surface area contributed by atoms with E-state index in [1.54, 1.807) is 24.3 Å². The lowest BCUT2D eigenvalue weighted by Gasteiger charge is -2.06. The molecule has 0 radical (unpaired) electrons. The number of nitrogens with zero attached hydrogens (tertiary/aromatic N) is 2. The zero-order chi connectivity index (χ0) is 15.2. The van der Waals surface area contributed by atoms with Crippen LogP contribution in [0.25, 0.3) is 0 Å². The molecule has 106 valence electrons. The van der Waals surface area contributed by atoms with E-state index < -0.39 is 10.7 Å². The standard InChI is InChI=1S/C15H12FN3O2/c16-14-6-11(8-17)5-12(7-14)9-18-10-13-3-1-2-4-15(13)19(20)21/h1-7,18H,9-10H2. The van der Waals surface area contributed by atoms with Gasteiger partial charge < -0.3 is 5.32 Å². The molecular weight excluding hydrogens is 273 g/mol. The number of nitrogens with one attached hydrogen (secondary N) is 1. The number of hydrogen-bond donors (Lipinski definition) is 1. The Hall–Kier alpha value is -2.78. The summed E-state index contributed by atoms with van der Waals surface area (Å²) in [6.45, 7) is 0.605. The summed E-state index contributed by atoms with van der Waals surface area (Å²) in [6, 6.07) is 12.4. The van der Waals surface area contributed by atoms with Gasteiger partial charge >= 0.3 is 0 Å². The van der Waals surface area contributed by atoms with Gasteiger partial charge in [-0.3, -0.25) is 10.1 Å². The summed E-state index contributed by atoms with van der Waals surface area (Å²) in [4.78, 5) is 10.4. The van der Waals surface area contributed by atoms with Crippen LogP contribution in [0.3, 0.4) is 0 Å². The topological polar surface area (TPSA) is 79.0 Å². The monoisotopic (exact) mass is 285 g/mol. The van der Waals surface area contributed by atoms with Gasteiger partial charge in [0, 0.05) is 24.7 Å². The fourth-order valence-electron chi connectivity index (χ4n) is 2.00. The molecule has 0 fully saturated rings. The van der Waals surface area contributed by atoms with Gasteiger partial charge in [0.2, 0.25) is 0 Å². The van der Waals surface area contributed by atoms with Gasteiger partial charge in [-0.25, -0.2) is 4.39 Å². The number of nitriles is 1. The van der Waals surface area contributed by atoms with Crippen molar-refractivity contribution < 1.29 is 9.31 Å². The Morgan fingerprint density at radius 3 is 2.71 bits per heavy atom. The second-order valence-corrected chi connectivity index (χ2v) is 4.45. The predicted octanol–water partition coefficient (Wildman–Crippen LogP) is 2.90. The fourth-order valence-corrected chi connectivity index (χ4v) is 2.00. The van der Waals surface area contributed by atoms with Gasteiger partial charge in [-0.05, 0) is 23.8 Å². The van der Waals surface area contributed by atoms with Crippen molar-refractivity contribution in [2.75, 3.05) is 0 Å². The van der Waals surface area contributed by atoms with Crippen LogP contribution in [-0.2, 0) is 13.1 Å². The molecule has 0 saturated carbocycles. The van der Waals surface area contributed by atoms with Gasteiger partial charge in [0.05, 0.1) is 16.6 Å². The number of benzene rings is 2. The van der Waals surface area contributed by atoms with Crippen LogP contribution in [0.1, 0.15) is 16.7 Å². The summed E-state index contributed by atoms with van der Waals surface area (Å²) in [7, 11) is 0. The molecule has 21 heavy (non-hydrogen) atoms. The molecule has 0 spiro atoms. The van der Waals surface area contributed by atoms with Gasteiger partial charge in [-0.1, -0.05) is 18.2 Å². The van der Waals surface area contributed by atoms with Gasteiger partial charge in [0.15, 0.2) is 0 Å². The highest BCUT2D eigenvalue weighted by atomic mass is 19.1. The van der Waals surface area contributed by atoms with E-state index in [0.717, 1.165) is 6.07 Å². The first-order valence-electron chi connectivity index (χ1n) is 6.22. The third kappa shape index (κ3) is 3.84. The Bertz CT molecular complexity index is 710. The van der Waals surface area contributed by atoms with Crippen LogP contribution < -0.4 is 5.32 Å². The van der Waals surface area contributed by atoms with Crippen LogP contribution in [0.2, 0.25) is 0 Å². The third-order valence-electron chi connectivity index (χ3n) is 2.92. The number of halogens is 1. The van der Waals surface area contributed by atoms with Crippen molar-refractivity contribution in [2.45, 2.75) is 13.1 Å². The van der Waals surface area contributed by atoms with Crippen molar-refractivity contribution in [3.05, 3.63) is 75.1 Å².